The van der Waals surface area contributed by atoms with Crippen LogP contribution in [0.3, 0.4) is 0 Å². The van der Waals surface area contributed by atoms with Gasteiger partial charge in [0.05, 0.1) is 5.75 Å². The average molecular weight is 242 g/mol. The van der Waals surface area contributed by atoms with Crippen molar-refractivity contribution in [3.05, 3.63) is 29.8 Å². The summed E-state index contributed by atoms with van der Waals surface area (Å²) in [6.07, 6.45) is 0.617. The first-order chi connectivity index (χ1) is 7.57. The van der Waals surface area contributed by atoms with Gasteiger partial charge in [0.2, 0.25) is 10.0 Å². The lowest BCUT2D eigenvalue weighted by molar-refractivity contribution is 0.600. The van der Waals surface area contributed by atoms with Crippen molar-refractivity contribution in [2.24, 2.45) is 0 Å². The largest absolute Gasteiger partial charge is 0.316 e. The van der Waals surface area contributed by atoms with Crippen molar-refractivity contribution in [3.8, 4) is 0 Å². The molecule has 0 aliphatic rings. The molecule has 0 saturated carbocycles. The molecule has 1 aromatic rings. The maximum atomic E-state index is 11.5. The molecule has 0 aliphatic carbocycles. The Kier molecular flexibility index (Phi) is 4.76. The van der Waals surface area contributed by atoms with E-state index in [1.54, 1.807) is 6.07 Å². The van der Waals surface area contributed by atoms with Gasteiger partial charge in [0, 0.05) is 12.2 Å². The predicted molar refractivity (Wildman–Crippen MR) is 66.9 cm³/mol. The zero-order chi connectivity index (χ0) is 12.0. The smallest absolute Gasteiger partial charge is 0.232 e. The van der Waals surface area contributed by atoms with Gasteiger partial charge in [-0.15, -0.1) is 0 Å². The van der Waals surface area contributed by atoms with E-state index in [2.05, 4.69) is 10.0 Å². The van der Waals surface area contributed by atoms with E-state index in [-0.39, 0.29) is 5.75 Å². The van der Waals surface area contributed by atoms with Crippen LogP contribution in [-0.4, -0.2) is 21.2 Å². The average Bonchev–Trinajstić information content (AvgIpc) is 2.17. The topological polar surface area (TPSA) is 58.2 Å². The molecule has 1 aromatic carbocycles. The van der Waals surface area contributed by atoms with E-state index in [1.165, 1.54) is 0 Å². The molecular weight excluding hydrogens is 224 g/mol. The van der Waals surface area contributed by atoms with Crippen molar-refractivity contribution in [2.45, 2.75) is 19.9 Å². The fourth-order valence-electron chi connectivity index (χ4n) is 1.45. The lowest BCUT2D eigenvalue weighted by atomic mass is 10.2. The number of hydrogen-bond acceptors (Lipinski definition) is 3. The molecule has 0 heterocycles. The standard InChI is InChI=1S/C11H18N2O2S/c1-3-7-16(14,15)13-11-6-4-5-10(8-11)9-12-2/h4-6,8,12-13H,3,7,9H2,1-2H3. The Bertz CT molecular complexity index is 429. The number of nitrogens with one attached hydrogen (secondary N) is 2. The number of benzene rings is 1. The molecule has 0 bridgehead atoms. The number of hydrogen-bond donors (Lipinski definition) is 2. The summed E-state index contributed by atoms with van der Waals surface area (Å²) in [4.78, 5) is 0. The van der Waals surface area contributed by atoms with Crippen LogP contribution in [0.5, 0.6) is 0 Å². The second kappa shape index (κ2) is 5.86. The third kappa shape index (κ3) is 4.20. The fraction of sp³-hybridized carbons (Fsp3) is 0.455. The monoisotopic (exact) mass is 242 g/mol. The van der Waals surface area contributed by atoms with Gasteiger partial charge in [0.15, 0.2) is 0 Å². The zero-order valence-corrected chi connectivity index (χ0v) is 10.5. The van der Waals surface area contributed by atoms with Crippen molar-refractivity contribution in [3.63, 3.8) is 0 Å². The van der Waals surface area contributed by atoms with Crippen LogP contribution in [0.4, 0.5) is 5.69 Å². The van der Waals surface area contributed by atoms with E-state index < -0.39 is 10.0 Å². The minimum Gasteiger partial charge on any atom is -0.316 e. The second-order valence-electron chi connectivity index (χ2n) is 3.65. The Morgan fingerprint density at radius 3 is 2.69 bits per heavy atom. The van der Waals surface area contributed by atoms with E-state index in [9.17, 15) is 8.42 Å². The Morgan fingerprint density at radius 1 is 1.31 bits per heavy atom. The van der Waals surface area contributed by atoms with E-state index in [4.69, 9.17) is 0 Å². The van der Waals surface area contributed by atoms with Crippen LogP contribution in [0.25, 0.3) is 0 Å². The third-order valence-electron chi connectivity index (χ3n) is 2.05. The minimum atomic E-state index is -3.19. The highest BCUT2D eigenvalue weighted by atomic mass is 32.2. The van der Waals surface area contributed by atoms with Crippen LogP contribution in [0, 0.1) is 0 Å². The highest BCUT2D eigenvalue weighted by Crippen LogP contribution is 2.12. The van der Waals surface area contributed by atoms with Gasteiger partial charge >= 0.3 is 0 Å². The molecule has 0 spiro atoms. The van der Waals surface area contributed by atoms with Crippen molar-refractivity contribution in [1.82, 2.24) is 5.32 Å². The van der Waals surface area contributed by atoms with Crippen LogP contribution in [-0.2, 0) is 16.6 Å². The van der Waals surface area contributed by atoms with Crippen LogP contribution in [0.1, 0.15) is 18.9 Å². The fourth-order valence-corrected chi connectivity index (χ4v) is 2.57. The van der Waals surface area contributed by atoms with Crippen LogP contribution >= 0.6 is 0 Å². The van der Waals surface area contributed by atoms with Crippen molar-refractivity contribution < 1.29 is 8.42 Å². The second-order valence-corrected chi connectivity index (χ2v) is 5.49. The molecule has 90 valence electrons. The van der Waals surface area contributed by atoms with E-state index in [0.717, 1.165) is 12.1 Å². The molecule has 0 aromatic heterocycles. The van der Waals surface area contributed by atoms with Crippen LogP contribution < -0.4 is 10.0 Å². The van der Waals surface area contributed by atoms with Gasteiger partial charge in [0.25, 0.3) is 0 Å². The van der Waals surface area contributed by atoms with E-state index in [0.29, 0.717) is 12.1 Å². The summed E-state index contributed by atoms with van der Waals surface area (Å²) in [6.45, 7) is 2.57. The first-order valence-electron chi connectivity index (χ1n) is 5.31. The zero-order valence-electron chi connectivity index (χ0n) is 9.66. The lowest BCUT2D eigenvalue weighted by Crippen LogP contribution is -2.16. The number of anilines is 1. The Balaban J connectivity index is 2.77. The molecule has 0 amide bonds. The third-order valence-corrected chi connectivity index (χ3v) is 3.55. The first-order valence-corrected chi connectivity index (χ1v) is 6.96. The molecule has 0 fully saturated rings. The number of sulfonamides is 1. The van der Waals surface area contributed by atoms with Gasteiger partial charge < -0.3 is 5.32 Å². The molecule has 1 rings (SSSR count). The predicted octanol–water partition coefficient (Wildman–Crippen LogP) is 1.56. The van der Waals surface area contributed by atoms with E-state index >= 15 is 0 Å². The Labute approximate surface area is 97.1 Å². The maximum Gasteiger partial charge on any atom is 0.232 e. The normalized spacial score (nSPS) is 11.4. The van der Waals surface area contributed by atoms with Gasteiger partial charge in [-0.05, 0) is 31.2 Å². The molecule has 0 unspecified atom stereocenters. The van der Waals surface area contributed by atoms with E-state index in [1.807, 2.05) is 32.2 Å². The quantitative estimate of drug-likeness (QED) is 0.796. The Morgan fingerprint density at radius 2 is 2.06 bits per heavy atom. The van der Waals surface area contributed by atoms with Crippen molar-refractivity contribution in [1.29, 1.82) is 0 Å². The SMILES string of the molecule is CCCS(=O)(=O)Nc1cccc(CNC)c1. The first kappa shape index (κ1) is 13.0. The highest BCUT2D eigenvalue weighted by Gasteiger charge is 2.08. The summed E-state index contributed by atoms with van der Waals surface area (Å²) in [7, 11) is -1.33. The van der Waals surface area contributed by atoms with Gasteiger partial charge in [-0.25, -0.2) is 8.42 Å². The Hall–Kier alpha value is -1.07. The summed E-state index contributed by atoms with van der Waals surface area (Å²) < 4.78 is 25.6. The van der Waals surface area contributed by atoms with Crippen molar-refractivity contribution >= 4 is 15.7 Å². The summed E-state index contributed by atoms with van der Waals surface area (Å²) in [5, 5.41) is 3.02. The lowest BCUT2D eigenvalue weighted by Gasteiger charge is -2.08. The molecule has 16 heavy (non-hydrogen) atoms. The highest BCUT2D eigenvalue weighted by molar-refractivity contribution is 7.92. The molecule has 0 radical (unpaired) electrons. The van der Waals surface area contributed by atoms with Crippen LogP contribution in [0.15, 0.2) is 24.3 Å². The summed E-state index contributed by atoms with van der Waals surface area (Å²) in [5.74, 6) is 0.156. The molecule has 0 atom stereocenters. The maximum absolute atomic E-state index is 11.5. The van der Waals surface area contributed by atoms with Gasteiger partial charge in [0.1, 0.15) is 0 Å². The molecule has 4 nitrogen and oxygen atoms in total. The summed E-state index contributed by atoms with van der Waals surface area (Å²) >= 11 is 0. The van der Waals surface area contributed by atoms with Crippen molar-refractivity contribution in [2.75, 3.05) is 17.5 Å². The molecule has 0 saturated heterocycles. The van der Waals surface area contributed by atoms with Gasteiger partial charge in [-0.3, -0.25) is 4.72 Å². The minimum absolute atomic E-state index is 0.156. The molecule has 5 heteroatoms. The van der Waals surface area contributed by atoms with Gasteiger partial charge in [-0.1, -0.05) is 19.1 Å². The summed E-state index contributed by atoms with van der Waals surface area (Å²) in [6, 6.07) is 7.39. The van der Waals surface area contributed by atoms with Gasteiger partial charge in [-0.2, -0.15) is 0 Å². The summed E-state index contributed by atoms with van der Waals surface area (Å²) in [5.41, 5.74) is 1.68. The van der Waals surface area contributed by atoms with Crippen LogP contribution in [0.2, 0.25) is 0 Å². The molecular formula is C11H18N2O2S. The molecule has 0 aliphatic heterocycles. The number of rotatable bonds is 6. The molecule has 2 N–H and O–H groups in total.